The molecule has 1 unspecified atom stereocenters. The Kier molecular flexibility index (Phi) is 6.46. The summed E-state index contributed by atoms with van der Waals surface area (Å²) in [5.41, 5.74) is 0.967. The molecule has 0 N–H and O–H groups in total. The van der Waals surface area contributed by atoms with E-state index in [1.54, 1.807) is 20.7 Å². The summed E-state index contributed by atoms with van der Waals surface area (Å²) < 4.78 is 29.1. The van der Waals surface area contributed by atoms with Gasteiger partial charge in [-0.1, -0.05) is 25.0 Å². The van der Waals surface area contributed by atoms with Crippen LogP contribution in [0.15, 0.2) is 24.3 Å². The summed E-state index contributed by atoms with van der Waals surface area (Å²) in [6.07, 6.45) is 4.06. The zero-order valence-electron chi connectivity index (χ0n) is 15.8. The maximum atomic E-state index is 12.9. The molecule has 0 aliphatic carbocycles. The molecule has 0 bridgehead atoms. The van der Waals surface area contributed by atoms with E-state index >= 15 is 0 Å². The molecule has 27 heavy (non-hydrogen) atoms. The quantitative estimate of drug-likeness (QED) is 0.563. The van der Waals surface area contributed by atoms with Crippen LogP contribution in [0.5, 0.6) is 0 Å². The van der Waals surface area contributed by atoms with Gasteiger partial charge in [0.1, 0.15) is 0 Å². The van der Waals surface area contributed by atoms with Crippen LogP contribution in [0, 0.1) is 10.1 Å². The molecular formula is C18H28N4O4S. The van der Waals surface area contributed by atoms with Crippen LogP contribution in [0.25, 0.3) is 0 Å². The largest absolute Gasteiger partial charge is 0.294 e. The minimum absolute atomic E-state index is 0.00735. The standard InChI is InChI=1S/C18H28N4O4S/c1-16(17-7-6-8-18(15-17)22(23)24)19-11-13-21(14-12-19)27(25,26)20-9-4-2-3-5-10-20/h6-8,15-16H,2-5,9-14H2,1H3. The normalized spacial score (nSPS) is 22.3. The Morgan fingerprint density at radius 3 is 2.15 bits per heavy atom. The molecule has 8 nitrogen and oxygen atoms in total. The summed E-state index contributed by atoms with van der Waals surface area (Å²) in [7, 11) is -3.39. The molecule has 2 aliphatic rings. The van der Waals surface area contributed by atoms with Crippen LogP contribution >= 0.6 is 0 Å². The van der Waals surface area contributed by atoms with Gasteiger partial charge in [0, 0.05) is 57.4 Å². The SMILES string of the molecule is CC(c1cccc([N+](=O)[O-])c1)N1CCN(S(=O)(=O)N2CCCCCC2)CC1. The number of nitro benzene ring substituents is 1. The van der Waals surface area contributed by atoms with Gasteiger partial charge in [0.05, 0.1) is 4.92 Å². The van der Waals surface area contributed by atoms with Gasteiger partial charge in [-0.2, -0.15) is 17.0 Å². The van der Waals surface area contributed by atoms with Crippen molar-refractivity contribution in [3.05, 3.63) is 39.9 Å². The maximum Gasteiger partial charge on any atom is 0.282 e. The minimum atomic E-state index is -3.39. The summed E-state index contributed by atoms with van der Waals surface area (Å²) >= 11 is 0. The molecule has 2 aliphatic heterocycles. The first kappa shape index (κ1) is 20.2. The lowest BCUT2D eigenvalue weighted by molar-refractivity contribution is -0.385. The Hall–Kier alpha value is -1.55. The summed E-state index contributed by atoms with van der Waals surface area (Å²) in [4.78, 5) is 12.8. The highest BCUT2D eigenvalue weighted by atomic mass is 32.2. The van der Waals surface area contributed by atoms with Crippen molar-refractivity contribution < 1.29 is 13.3 Å². The Bertz CT molecular complexity index is 754. The summed E-state index contributed by atoms with van der Waals surface area (Å²) in [5.74, 6) is 0. The van der Waals surface area contributed by atoms with Crippen LogP contribution in [0.4, 0.5) is 5.69 Å². The number of benzene rings is 1. The van der Waals surface area contributed by atoms with Crippen LogP contribution < -0.4 is 0 Å². The third-order valence-corrected chi connectivity index (χ3v) is 7.64. The van der Waals surface area contributed by atoms with E-state index in [9.17, 15) is 18.5 Å². The average molecular weight is 397 g/mol. The zero-order valence-corrected chi connectivity index (χ0v) is 16.6. The molecular weight excluding hydrogens is 368 g/mol. The van der Waals surface area contributed by atoms with Gasteiger partial charge in [-0.3, -0.25) is 15.0 Å². The highest BCUT2D eigenvalue weighted by Crippen LogP contribution is 2.26. The molecule has 0 spiro atoms. The predicted molar refractivity (Wildman–Crippen MR) is 104 cm³/mol. The van der Waals surface area contributed by atoms with Gasteiger partial charge in [0.2, 0.25) is 0 Å². The van der Waals surface area contributed by atoms with E-state index in [4.69, 9.17) is 0 Å². The number of non-ortho nitro benzene ring substituents is 1. The fourth-order valence-electron chi connectivity index (χ4n) is 3.87. The van der Waals surface area contributed by atoms with Crippen molar-refractivity contribution in [2.75, 3.05) is 39.3 Å². The first-order chi connectivity index (χ1) is 12.9. The number of hydrogen-bond donors (Lipinski definition) is 0. The molecule has 1 aromatic rings. The highest BCUT2D eigenvalue weighted by Gasteiger charge is 2.33. The Morgan fingerprint density at radius 1 is 0.963 bits per heavy atom. The second-order valence-electron chi connectivity index (χ2n) is 7.28. The van der Waals surface area contributed by atoms with E-state index in [-0.39, 0.29) is 16.7 Å². The van der Waals surface area contributed by atoms with E-state index in [0.717, 1.165) is 31.2 Å². The number of rotatable bonds is 5. The van der Waals surface area contributed by atoms with Gasteiger partial charge in [0.25, 0.3) is 15.9 Å². The van der Waals surface area contributed by atoms with Crippen molar-refractivity contribution in [1.29, 1.82) is 0 Å². The fourth-order valence-corrected chi connectivity index (χ4v) is 5.54. The van der Waals surface area contributed by atoms with E-state index < -0.39 is 10.2 Å². The van der Waals surface area contributed by atoms with Gasteiger partial charge < -0.3 is 0 Å². The van der Waals surface area contributed by atoms with Crippen LogP contribution in [-0.2, 0) is 10.2 Å². The number of nitro groups is 1. The first-order valence-electron chi connectivity index (χ1n) is 9.63. The molecule has 2 heterocycles. The molecule has 3 rings (SSSR count). The van der Waals surface area contributed by atoms with E-state index in [2.05, 4.69) is 4.90 Å². The summed E-state index contributed by atoms with van der Waals surface area (Å²) in [5, 5.41) is 11.0. The van der Waals surface area contributed by atoms with Gasteiger partial charge in [-0.25, -0.2) is 0 Å². The van der Waals surface area contributed by atoms with Crippen LogP contribution in [-0.4, -0.2) is 66.1 Å². The molecule has 0 saturated carbocycles. The third kappa shape index (κ3) is 4.66. The number of piperazine rings is 1. The van der Waals surface area contributed by atoms with Crippen LogP contribution in [0.2, 0.25) is 0 Å². The lowest BCUT2D eigenvalue weighted by Crippen LogP contribution is -2.53. The lowest BCUT2D eigenvalue weighted by atomic mass is 10.1. The van der Waals surface area contributed by atoms with Gasteiger partial charge in [-0.15, -0.1) is 0 Å². The highest BCUT2D eigenvalue weighted by molar-refractivity contribution is 7.86. The Labute approximate surface area is 161 Å². The van der Waals surface area contributed by atoms with Gasteiger partial charge in [-0.05, 0) is 25.3 Å². The van der Waals surface area contributed by atoms with Crippen molar-refractivity contribution >= 4 is 15.9 Å². The minimum Gasteiger partial charge on any atom is -0.294 e. The van der Waals surface area contributed by atoms with Crippen LogP contribution in [0.3, 0.4) is 0 Å². The molecule has 9 heteroatoms. The van der Waals surface area contributed by atoms with Crippen molar-refractivity contribution in [3.8, 4) is 0 Å². The first-order valence-corrected chi connectivity index (χ1v) is 11.0. The predicted octanol–water partition coefficient (Wildman–Crippen LogP) is 2.39. The molecule has 2 saturated heterocycles. The second-order valence-corrected chi connectivity index (χ2v) is 9.21. The summed E-state index contributed by atoms with van der Waals surface area (Å²) in [6, 6.07) is 6.68. The Morgan fingerprint density at radius 2 is 1.56 bits per heavy atom. The molecule has 1 atom stereocenters. The van der Waals surface area contributed by atoms with Crippen molar-refractivity contribution in [2.24, 2.45) is 0 Å². The monoisotopic (exact) mass is 396 g/mol. The average Bonchev–Trinajstić information content (AvgIpc) is 2.98. The molecule has 150 valence electrons. The third-order valence-electron chi connectivity index (χ3n) is 5.60. The van der Waals surface area contributed by atoms with Crippen molar-refractivity contribution in [2.45, 2.75) is 38.6 Å². The molecule has 1 aromatic carbocycles. The van der Waals surface area contributed by atoms with Gasteiger partial charge in [0.15, 0.2) is 0 Å². The maximum absolute atomic E-state index is 12.9. The van der Waals surface area contributed by atoms with E-state index in [0.29, 0.717) is 39.3 Å². The lowest BCUT2D eigenvalue weighted by Gasteiger charge is -2.39. The van der Waals surface area contributed by atoms with E-state index in [1.165, 1.54) is 6.07 Å². The molecule has 0 radical (unpaired) electrons. The molecule has 0 aromatic heterocycles. The van der Waals surface area contributed by atoms with Crippen molar-refractivity contribution in [1.82, 2.24) is 13.5 Å². The zero-order chi connectivity index (χ0) is 19.4. The van der Waals surface area contributed by atoms with Gasteiger partial charge >= 0.3 is 0 Å². The number of hydrogen-bond acceptors (Lipinski definition) is 5. The molecule has 2 fully saturated rings. The topological polar surface area (TPSA) is 87.0 Å². The molecule has 0 amide bonds. The Balaban J connectivity index is 1.62. The smallest absolute Gasteiger partial charge is 0.282 e. The van der Waals surface area contributed by atoms with Crippen LogP contribution in [0.1, 0.15) is 44.2 Å². The second kappa shape index (κ2) is 8.64. The van der Waals surface area contributed by atoms with E-state index in [1.807, 2.05) is 13.0 Å². The number of nitrogens with zero attached hydrogens (tertiary/aromatic N) is 4. The summed E-state index contributed by atoms with van der Waals surface area (Å²) in [6.45, 7) is 5.40. The van der Waals surface area contributed by atoms with Crippen molar-refractivity contribution in [3.63, 3.8) is 0 Å². The fraction of sp³-hybridized carbons (Fsp3) is 0.667.